The van der Waals surface area contributed by atoms with E-state index in [-0.39, 0.29) is 6.42 Å². The van der Waals surface area contributed by atoms with Gasteiger partial charge in [-0.25, -0.2) is 4.98 Å². The van der Waals surface area contributed by atoms with E-state index in [1.165, 1.54) is 0 Å². The second-order valence-electron chi connectivity index (χ2n) is 3.57. The largest absolute Gasteiger partial charge is 0.481 e. The first-order chi connectivity index (χ1) is 7.18. The summed E-state index contributed by atoms with van der Waals surface area (Å²) in [6.45, 7) is 1.77. The van der Waals surface area contributed by atoms with E-state index >= 15 is 0 Å². The van der Waals surface area contributed by atoms with E-state index in [0.29, 0.717) is 0 Å². The summed E-state index contributed by atoms with van der Waals surface area (Å²) in [5, 5.41) is 10.5. The maximum Gasteiger partial charge on any atom is 0.303 e. The molecule has 0 saturated carbocycles. The lowest BCUT2D eigenvalue weighted by atomic mass is 10.2. The molecule has 1 heterocycles. The van der Waals surface area contributed by atoms with Crippen LogP contribution in [-0.4, -0.2) is 34.6 Å². The van der Waals surface area contributed by atoms with Crippen molar-refractivity contribution in [1.29, 1.82) is 0 Å². The van der Waals surface area contributed by atoms with Crippen LogP contribution in [-0.2, 0) is 11.3 Å². The Balaban J connectivity index is 2.08. The van der Waals surface area contributed by atoms with E-state index < -0.39 is 5.97 Å². The number of carbonyl (C=O) groups is 1. The summed E-state index contributed by atoms with van der Waals surface area (Å²) in [5.74, 6) is -0.711. The van der Waals surface area contributed by atoms with Crippen molar-refractivity contribution in [2.24, 2.45) is 0 Å². The molecule has 1 aromatic heterocycles. The van der Waals surface area contributed by atoms with Crippen molar-refractivity contribution in [3.63, 3.8) is 0 Å². The highest BCUT2D eigenvalue weighted by Gasteiger charge is 2.02. The van der Waals surface area contributed by atoms with Gasteiger partial charge in [0.25, 0.3) is 0 Å². The number of carboxylic acid groups (broad SMARTS) is 1. The molecule has 84 valence electrons. The van der Waals surface area contributed by atoms with E-state index in [1.807, 2.05) is 17.9 Å². The second kappa shape index (κ2) is 6.53. The Kier molecular flexibility index (Phi) is 5.28. The normalized spacial score (nSPS) is 10.8. The molecule has 0 spiro atoms. The Morgan fingerprint density at radius 2 is 2.40 bits per heavy atom. The Morgan fingerprint density at radius 1 is 1.60 bits per heavy atom. The molecule has 0 aliphatic heterocycles. The minimum atomic E-state index is -0.711. The highest BCUT2D eigenvalue weighted by molar-refractivity contribution is 7.07. The van der Waals surface area contributed by atoms with Crippen molar-refractivity contribution in [3.8, 4) is 0 Å². The molecule has 0 aromatic carbocycles. The molecular weight excluding hydrogens is 212 g/mol. The fourth-order valence-corrected chi connectivity index (χ4v) is 1.88. The smallest absolute Gasteiger partial charge is 0.303 e. The van der Waals surface area contributed by atoms with Crippen LogP contribution in [0.25, 0.3) is 0 Å². The zero-order chi connectivity index (χ0) is 11.1. The van der Waals surface area contributed by atoms with Gasteiger partial charge >= 0.3 is 5.97 Å². The van der Waals surface area contributed by atoms with E-state index in [2.05, 4.69) is 9.88 Å². The third-order valence-corrected chi connectivity index (χ3v) is 2.73. The van der Waals surface area contributed by atoms with E-state index in [1.54, 1.807) is 11.3 Å². The van der Waals surface area contributed by atoms with Gasteiger partial charge in [-0.1, -0.05) is 0 Å². The summed E-state index contributed by atoms with van der Waals surface area (Å²) in [4.78, 5) is 16.6. The quantitative estimate of drug-likeness (QED) is 0.723. The molecule has 0 unspecified atom stereocenters. The zero-order valence-electron chi connectivity index (χ0n) is 8.85. The van der Waals surface area contributed by atoms with Crippen molar-refractivity contribution in [1.82, 2.24) is 9.88 Å². The highest BCUT2D eigenvalue weighted by Crippen LogP contribution is 2.05. The summed E-state index contributed by atoms with van der Waals surface area (Å²) in [5.41, 5.74) is 2.91. The van der Waals surface area contributed by atoms with Crippen LogP contribution in [0.2, 0.25) is 0 Å². The van der Waals surface area contributed by atoms with Crippen molar-refractivity contribution < 1.29 is 9.90 Å². The molecule has 5 heteroatoms. The molecule has 4 nitrogen and oxygen atoms in total. The third kappa shape index (κ3) is 5.49. The van der Waals surface area contributed by atoms with Crippen LogP contribution in [0, 0.1) is 0 Å². The number of hydrogen-bond acceptors (Lipinski definition) is 4. The Hall–Kier alpha value is -0.940. The van der Waals surface area contributed by atoms with E-state index in [0.717, 1.165) is 31.6 Å². The van der Waals surface area contributed by atoms with Crippen molar-refractivity contribution in [2.75, 3.05) is 13.6 Å². The molecule has 0 bridgehead atoms. The zero-order valence-corrected chi connectivity index (χ0v) is 9.66. The number of aliphatic carboxylic acids is 1. The standard InChI is InChI=1S/C10H16N2O2S/c1-12(5-3-2-4-10(13)14)6-9-7-15-8-11-9/h7-8H,2-6H2,1H3,(H,13,14). The van der Waals surface area contributed by atoms with Gasteiger partial charge in [-0.2, -0.15) is 0 Å². The number of unbranched alkanes of at least 4 members (excludes halogenated alkanes) is 1. The summed E-state index contributed by atoms with van der Waals surface area (Å²) in [7, 11) is 2.03. The SMILES string of the molecule is CN(CCCCC(=O)O)Cc1cscn1. The number of thiazole rings is 1. The first-order valence-corrected chi connectivity index (χ1v) is 5.90. The number of rotatable bonds is 7. The van der Waals surface area contributed by atoms with Crippen LogP contribution >= 0.6 is 11.3 Å². The molecule has 0 fully saturated rings. The molecule has 0 amide bonds. The maximum absolute atomic E-state index is 10.3. The molecule has 1 N–H and O–H groups in total. The summed E-state index contributed by atoms with van der Waals surface area (Å²) >= 11 is 1.60. The van der Waals surface area contributed by atoms with Gasteiger partial charge in [0, 0.05) is 18.3 Å². The van der Waals surface area contributed by atoms with E-state index in [9.17, 15) is 4.79 Å². The minimum absolute atomic E-state index is 0.268. The topological polar surface area (TPSA) is 53.4 Å². The summed E-state index contributed by atoms with van der Waals surface area (Å²) < 4.78 is 0. The molecule has 1 aromatic rings. The van der Waals surface area contributed by atoms with Gasteiger partial charge in [-0.3, -0.25) is 4.79 Å². The van der Waals surface area contributed by atoms with Gasteiger partial charge in [0.1, 0.15) is 0 Å². The molecule has 1 rings (SSSR count). The van der Waals surface area contributed by atoms with Crippen LogP contribution in [0.4, 0.5) is 0 Å². The number of aromatic nitrogens is 1. The van der Waals surface area contributed by atoms with Gasteiger partial charge < -0.3 is 10.0 Å². The minimum Gasteiger partial charge on any atom is -0.481 e. The third-order valence-electron chi connectivity index (χ3n) is 2.10. The Morgan fingerprint density at radius 3 is 3.00 bits per heavy atom. The van der Waals surface area contributed by atoms with Crippen molar-refractivity contribution >= 4 is 17.3 Å². The van der Waals surface area contributed by atoms with Crippen LogP contribution < -0.4 is 0 Å². The monoisotopic (exact) mass is 228 g/mol. The fourth-order valence-electron chi connectivity index (χ4n) is 1.33. The van der Waals surface area contributed by atoms with Gasteiger partial charge in [-0.05, 0) is 26.4 Å². The first kappa shape index (κ1) is 12.1. The van der Waals surface area contributed by atoms with Gasteiger partial charge in [0.05, 0.1) is 11.2 Å². The molecule has 15 heavy (non-hydrogen) atoms. The molecule has 0 saturated heterocycles. The number of hydrogen-bond donors (Lipinski definition) is 1. The second-order valence-corrected chi connectivity index (χ2v) is 4.29. The predicted molar refractivity (Wildman–Crippen MR) is 59.9 cm³/mol. The van der Waals surface area contributed by atoms with Gasteiger partial charge in [0.2, 0.25) is 0 Å². The lowest BCUT2D eigenvalue weighted by molar-refractivity contribution is -0.137. The first-order valence-electron chi connectivity index (χ1n) is 4.96. The van der Waals surface area contributed by atoms with Gasteiger partial charge in [0.15, 0.2) is 0 Å². The van der Waals surface area contributed by atoms with Gasteiger partial charge in [-0.15, -0.1) is 11.3 Å². The number of carboxylic acids is 1. The fraction of sp³-hybridized carbons (Fsp3) is 0.600. The summed E-state index contributed by atoms with van der Waals surface area (Å²) in [6.07, 6.45) is 1.94. The highest BCUT2D eigenvalue weighted by atomic mass is 32.1. The van der Waals surface area contributed by atoms with E-state index in [4.69, 9.17) is 5.11 Å². The average Bonchev–Trinajstić information content (AvgIpc) is 2.64. The Bertz CT molecular complexity index is 288. The molecule has 0 radical (unpaired) electrons. The number of nitrogens with zero attached hydrogens (tertiary/aromatic N) is 2. The molecule has 0 atom stereocenters. The van der Waals surface area contributed by atoms with Crippen LogP contribution in [0.1, 0.15) is 25.0 Å². The van der Waals surface area contributed by atoms with Crippen LogP contribution in [0.5, 0.6) is 0 Å². The Labute approximate surface area is 93.6 Å². The lowest BCUT2D eigenvalue weighted by Crippen LogP contribution is -2.19. The maximum atomic E-state index is 10.3. The molecule has 0 aliphatic rings. The summed E-state index contributed by atoms with van der Waals surface area (Å²) in [6, 6.07) is 0. The molecular formula is C10H16N2O2S. The lowest BCUT2D eigenvalue weighted by Gasteiger charge is -2.14. The molecule has 0 aliphatic carbocycles. The van der Waals surface area contributed by atoms with Crippen LogP contribution in [0.15, 0.2) is 10.9 Å². The van der Waals surface area contributed by atoms with Crippen molar-refractivity contribution in [3.05, 3.63) is 16.6 Å². The average molecular weight is 228 g/mol. The van der Waals surface area contributed by atoms with Crippen LogP contribution in [0.3, 0.4) is 0 Å². The van der Waals surface area contributed by atoms with Crippen molar-refractivity contribution in [2.45, 2.75) is 25.8 Å². The predicted octanol–water partition coefficient (Wildman–Crippen LogP) is 1.83.